The predicted molar refractivity (Wildman–Crippen MR) is 133 cm³/mol. The first-order valence-corrected chi connectivity index (χ1v) is 14.4. The van der Waals surface area contributed by atoms with Crippen LogP contribution in [0.3, 0.4) is 0 Å². The first-order valence-electron chi connectivity index (χ1n) is 14.4. The fourth-order valence-corrected chi connectivity index (χ4v) is 9.73. The summed E-state index contributed by atoms with van der Waals surface area (Å²) in [5.41, 5.74) is -0.739. The molecule has 0 radical (unpaired) electrons. The van der Waals surface area contributed by atoms with E-state index >= 15 is 0 Å². The Balaban J connectivity index is 1.19. The van der Waals surface area contributed by atoms with Gasteiger partial charge in [0.1, 0.15) is 31.2 Å². The van der Waals surface area contributed by atoms with Crippen LogP contribution >= 0.6 is 0 Å². The molecule has 0 bridgehead atoms. The molecule has 5 fully saturated rings. The molecular weight excluding hydrogens is 492 g/mol. The van der Waals surface area contributed by atoms with Gasteiger partial charge in [0.05, 0.1) is 17.8 Å². The summed E-state index contributed by atoms with van der Waals surface area (Å²) in [5.74, 6) is 0.0678. The molecule has 6 aliphatic rings. The summed E-state index contributed by atoms with van der Waals surface area (Å²) in [6.07, 6.45) is 3.80. The molecule has 4 N–H and O–H groups in total. The number of aliphatic hydroxyl groups excluding tert-OH is 3. The van der Waals surface area contributed by atoms with Gasteiger partial charge in [0.2, 0.25) is 0 Å². The molecule has 4 aliphatic carbocycles. The van der Waals surface area contributed by atoms with E-state index in [1.165, 1.54) is 6.29 Å². The van der Waals surface area contributed by atoms with Gasteiger partial charge < -0.3 is 39.4 Å². The molecule has 212 valence electrons. The number of hydrogen-bond acceptors (Lipinski definition) is 9. The molecule has 9 nitrogen and oxygen atoms in total. The minimum atomic E-state index is -1.34. The van der Waals surface area contributed by atoms with Crippen LogP contribution in [0.2, 0.25) is 0 Å². The summed E-state index contributed by atoms with van der Waals surface area (Å²) in [4.78, 5) is 24.7. The Morgan fingerprint density at radius 2 is 1.79 bits per heavy atom. The highest BCUT2D eigenvalue weighted by Crippen LogP contribution is 2.69. The molecule has 0 amide bonds. The molecule has 4 saturated carbocycles. The van der Waals surface area contributed by atoms with Gasteiger partial charge in [0, 0.05) is 16.9 Å². The van der Waals surface area contributed by atoms with Gasteiger partial charge in [-0.2, -0.15) is 0 Å². The van der Waals surface area contributed by atoms with E-state index in [-0.39, 0.29) is 41.2 Å². The molecule has 0 aromatic heterocycles. The number of fused-ring (bicyclic) bond motifs is 5. The Bertz CT molecular complexity index is 999. The maximum Gasteiger partial charge on any atom is 0.331 e. The van der Waals surface area contributed by atoms with Gasteiger partial charge in [-0.3, -0.25) is 0 Å². The molecule has 0 unspecified atom stereocenters. The molecule has 0 aromatic rings. The van der Waals surface area contributed by atoms with Crippen molar-refractivity contribution in [2.24, 2.45) is 34.5 Å². The molecule has 2 aliphatic heterocycles. The van der Waals surface area contributed by atoms with Crippen molar-refractivity contribution in [1.82, 2.24) is 0 Å². The maximum atomic E-state index is 12.9. The number of esters is 1. The minimum absolute atomic E-state index is 0.0322. The Hall–Kier alpha value is -1.36. The second-order valence-corrected chi connectivity index (χ2v) is 13.2. The third kappa shape index (κ3) is 3.72. The van der Waals surface area contributed by atoms with Crippen LogP contribution in [0.5, 0.6) is 0 Å². The Morgan fingerprint density at radius 1 is 1.00 bits per heavy atom. The standard InChI is InChI=1S/C29H42O9/c1-15-23(32)24(33)25(34)26(37-15)38-18-5-9-28(14-30)17(12-18)3-4-21-20(28)6-8-27(2)19(7-10-29(21,27)35)16-11-22(31)36-13-16/h11,14-15,17-21,23-26,32-35H,3-10,12-13H2,1-2H3/t15-,17+,18-,19+,20-,21+,23+,24+,25+,26+,27+,28+,29-/m0/s1. The van der Waals surface area contributed by atoms with Gasteiger partial charge in [-0.05, 0) is 94.0 Å². The van der Waals surface area contributed by atoms with Crippen molar-refractivity contribution in [2.75, 3.05) is 6.61 Å². The van der Waals surface area contributed by atoms with E-state index in [0.29, 0.717) is 32.3 Å². The molecule has 6 rings (SSSR count). The van der Waals surface area contributed by atoms with Crippen LogP contribution in [-0.2, 0) is 23.8 Å². The number of hydrogen-bond donors (Lipinski definition) is 4. The maximum absolute atomic E-state index is 12.9. The number of rotatable bonds is 4. The van der Waals surface area contributed by atoms with E-state index in [1.807, 2.05) is 0 Å². The van der Waals surface area contributed by atoms with E-state index in [9.17, 15) is 30.0 Å². The lowest BCUT2D eigenvalue weighted by molar-refractivity contribution is -0.309. The van der Waals surface area contributed by atoms with E-state index in [0.717, 1.165) is 37.7 Å². The summed E-state index contributed by atoms with van der Waals surface area (Å²) in [6, 6.07) is 0. The van der Waals surface area contributed by atoms with E-state index in [1.54, 1.807) is 13.0 Å². The van der Waals surface area contributed by atoms with E-state index < -0.39 is 41.7 Å². The van der Waals surface area contributed by atoms with Crippen molar-refractivity contribution in [2.45, 2.75) is 114 Å². The highest BCUT2D eigenvalue weighted by atomic mass is 16.7. The number of carbonyl (C=O) groups excluding carboxylic acids is 2. The second-order valence-electron chi connectivity index (χ2n) is 13.2. The molecule has 0 spiro atoms. The summed E-state index contributed by atoms with van der Waals surface area (Å²) < 4.78 is 17.0. The summed E-state index contributed by atoms with van der Waals surface area (Å²) >= 11 is 0. The molecular formula is C29H42O9. The van der Waals surface area contributed by atoms with Crippen LogP contribution in [0, 0.1) is 34.5 Å². The SMILES string of the molecule is C[C@@H]1O[C@H](O[C@H]2CC[C@@]3(C=O)[C@H](CC[C@@H]4[C@@H]3CC[C@]3(C)[C@@H](C5=CC(=O)OC5)CC[C@]43O)C2)[C@H](O)[C@H](O)[C@@H]1O. The molecule has 0 aromatic carbocycles. The van der Waals surface area contributed by atoms with Gasteiger partial charge in [0.25, 0.3) is 0 Å². The lowest BCUT2D eigenvalue weighted by Crippen LogP contribution is -2.63. The fraction of sp³-hybridized carbons (Fsp3) is 0.862. The van der Waals surface area contributed by atoms with Gasteiger partial charge in [0.15, 0.2) is 6.29 Å². The number of aldehydes is 1. The summed E-state index contributed by atoms with van der Waals surface area (Å²) in [5, 5.41) is 42.9. The van der Waals surface area contributed by atoms with Crippen molar-refractivity contribution in [3.05, 3.63) is 11.6 Å². The van der Waals surface area contributed by atoms with Crippen LogP contribution in [0.1, 0.15) is 71.6 Å². The highest BCUT2D eigenvalue weighted by molar-refractivity contribution is 5.85. The number of aliphatic hydroxyl groups is 4. The molecule has 9 heteroatoms. The van der Waals surface area contributed by atoms with Crippen LogP contribution in [0.4, 0.5) is 0 Å². The third-order valence-corrected chi connectivity index (χ3v) is 11.9. The number of ether oxygens (including phenoxy) is 3. The van der Waals surface area contributed by atoms with Gasteiger partial charge in [-0.1, -0.05) is 6.92 Å². The summed E-state index contributed by atoms with van der Waals surface area (Å²) in [7, 11) is 0. The first-order chi connectivity index (χ1) is 18.0. The minimum Gasteiger partial charge on any atom is -0.458 e. The molecule has 38 heavy (non-hydrogen) atoms. The second kappa shape index (κ2) is 9.35. The Labute approximate surface area is 223 Å². The zero-order chi connectivity index (χ0) is 27.0. The Kier molecular flexibility index (Phi) is 6.60. The van der Waals surface area contributed by atoms with E-state index in [4.69, 9.17) is 14.2 Å². The van der Waals surface area contributed by atoms with Crippen LogP contribution in [0.25, 0.3) is 0 Å². The third-order valence-electron chi connectivity index (χ3n) is 11.9. The molecule has 13 atom stereocenters. The molecule has 2 heterocycles. The first kappa shape index (κ1) is 26.8. The van der Waals surface area contributed by atoms with Crippen molar-refractivity contribution < 1.29 is 44.2 Å². The van der Waals surface area contributed by atoms with Crippen molar-refractivity contribution >= 4 is 12.3 Å². The number of carbonyl (C=O) groups is 2. The number of cyclic esters (lactones) is 1. The van der Waals surface area contributed by atoms with Gasteiger partial charge in [-0.25, -0.2) is 4.79 Å². The zero-order valence-corrected chi connectivity index (χ0v) is 22.3. The fourth-order valence-electron chi connectivity index (χ4n) is 9.73. The van der Waals surface area contributed by atoms with Crippen molar-refractivity contribution in [1.29, 1.82) is 0 Å². The van der Waals surface area contributed by atoms with Crippen LogP contribution in [0.15, 0.2) is 11.6 Å². The summed E-state index contributed by atoms with van der Waals surface area (Å²) in [6.45, 7) is 4.13. The smallest absolute Gasteiger partial charge is 0.331 e. The lowest BCUT2D eigenvalue weighted by atomic mass is 9.43. The molecule has 1 saturated heterocycles. The monoisotopic (exact) mass is 534 g/mol. The average molecular weight is 535 g/mol. The lowest BCUT2D eigenvalue weighted by Gasteiger charge is -2.63. The van der Waals surface area contributed by atoms with Gasteiger partial charge >= 0.3 is 5.97 Å². The van der Waals surface area contributed by atoms with E-state index in [2.05, 4.69) is 6.92 Å². The van der Waals surface area contributed by atoms with Crippen molar-refractivity contribution in [3.63, 3.8) is 0 Å². The van der Waals surface area contributed by atoms with Crippen molar-refractivity contribution in [3.8, 4) is 0 Å². The zero-order valence-electron chi connectivity index (χ0n) is 22.3. The van der Waals surface area contributed by atoms with Gasteiger partial charge in [-0.15, -0.1) is 0 Å². The quantitative estimate of drug-likeness (QED) is 0.240. The highest BCUT2D eigenvalue weighted by Gasteiger charge is 2.68. The Morgan fingerprint density at radius 3 is 2.50 bits per heavy atom. The average Bonchev–Trinajstić information content (AvgIpc) is 3.45. The van der Waals surface area contributed by atoms with Crippen LogP contribution < -0.4 is 0 Å². The van der Waals surface area contributed by atoms with Crippen LogP contribution in [-0.4, -0.2) is 81.7 Å². The normalized spacial score (nSPS) is 54.4. The topological polar surface area (TPSA) is 143 Å². The predicted octanol–water partition coefficient (Wildman–Crippen LogP) is 1.64. The largest absolute Gasteiger partial charge is 0.458 e.